The number of nitrogens with zero attached hydrogens (tertiary/aromatic N) is 3. The van der Waals surface area contributed by atoms with Crippen molar-refractivity contribution in [1.82, 2.24) is 15.1 Å². The average Bonchev–Trinajstić information content (AvgIpc) is 2.73. The number of carbonyl (C=O) groups excluding carboxylic acids is 2. The van der Waals surface area contributed by atoms with Crippen molar-refractivity contribution in [1.29, 1.82) is 0 Å². The Labute approximate surface area is 103 Å². The summed E-state index contributed by atoms with van der Waals surface area (Å²) in [5, 5.41) is 7.88. The Balaban J connectivity index is 1.79. The molecule has 0 radical (unpaired) electrons. The van der Waals surface area contributed by atoms with E-state index in [0.29, 0.717) is 37.0 Å². The average molecular weight is 255 g/mol. The number of Topliss-reactive ketones (excluding diaryl/α,β-unsaturated/α-hetero) is 1. The molecule has 1 fully saturated rings. The number of thioether (sulfide) groups is 1. The highest BCUT2D eigenvalue weighted by Gasteiger charge is 2.21. The number of likely N-dealkylation sites (tertiary alicyclic amines) is 1. The third-order valence-electron chi connectivity index (χ3n) is 2.50. The second-order valence-electron chi connectivity index (χ2n) is 3.80. The maximum Gasteiger partial charge on any atom is 0.277 e. The Morgan fingerprint density at radius 1 is 1.41 bits per heavy atom. The maximum atomic E-state index is 11.8. The number of aryl methyl sites for hydroxylation is 1. The summed E-state index contributed by atoms with van der Waals surface area (Å²) in [4.78, 5) is 24.5. The predicted octanol–water partition coefficient (Wildman–Crippen LogP) is 0.662. The number of hydrogen-bond donors (Lipinski definition) is 0. The lowest BCUT2D eigenvalue weighted by Gasteiger charge is -2.25. The third kappa shape index (κ3) is 3.29. The Morgan fingerprint density at radius 3 is 2.71 bits per heavy atom. The summed E-state index contributed by atoms with van der Waals surface area (Å²) in [5.74, 6) is 1.01. The zero-order valence-corrected chi connectivity index (χ0v) is 10.3. The van der Waals surface area contributed by atoms with Gasteiger partial charge in [-0.3, -0.25) is 9.59 Å². The molecule has 1 aliphatic rings. The van der Waals surface area contributed by atoms with Crippen LogP contribution in [0.25, 0.3) is 0 Å². The molecular formula is C10H13N3O3S. The smallest absolute Gasteiger partial charge is 0.277 e. The number of amides is 1. The molecule has 0 aliphatic carbocycles. The molecule has 92 valence electrons. The van der Waals surface area contributed by atoms with Crippen molar-refractivity contribution in [2.75, 3.05) is 18.8 Å². The van der Waals surface area contributed by atoms with Crippen LogP contribution in [-0.4, -0.2) is 45.6 Å². The largest absolute Gasteiger partial charge is 0.416 e. The summed E-state index contributed by atoms with van der Waals surface area (Å²) in [6.45, 7) is 2.76. The predicted molar refractivity (Wildman–Crippen MR) is 60.6 cm³/mol. The Hall–Kier alpha value is -1.37. The van der Waals surface area contributed by atoms with Crippen LogP contribution in [0.1, 0.15) is 18.7 Å². The van der Waals surface area contributed by atoms with Gasteiger partial charge in [0.1, 0.15) is 5.78 Å². The van der Waals surface area contributed by atoms with Gasteiger partial charge in [0, 0.05) is 32.9 Å². The lowest BCUT2D eigenvalue weighted by atomic mass is 10.1. The molecule has 1 amide bonds. The first-order valence-corrected chi connectivity index (χ1v) is 6.36. The molecule has 2 heterocycles. The van der Waals surface area contributed by atoms with E-state index in [1.165, 1.54) is 11.8 Å². The van der Waals surface area contributed by atoms with Crippen LogP contribution in [0.3, 0.4) is 0 Å². The van der Waals surface area contributed by atoms with Gasteiger partial charge < -0.3 is 9.32 Å². The summed E-state index contributed by atoms with van der Waals surface area (Å²) in [7, 11) is 0. The second kappa shape index (κ2) is 5.31. The molecule has 1 aliphatic heterocycles. The number of ketones is 1. The van der Waals surface area contributed by atoms with Crippen LogP contribution < -0.4 is 0 Å². The molecule has 1 aromatic rings. The Kier molecular flexibility index (Phi) is 3.78. The van der Waals surface area contributed by atoms with Crippen LogP contribution in [-0.2, 0) is 9.59 Å². The molecular weight excluding hydrogens is 242 g/mol. The topological polar surface area (TPSA) is 76.3 Å². The van der Waals surface area contributed by atoms with Gasteiger partial charge in [-0.2, -0.15) is 0 Å². The lowest BCUT2D eigenvalue weighted by Crippen LogP contribution is -2.39. The minimum Gasteiger partial charge on any atom is -0.416 e. The van der Waals surface area contributed by atoms with Crippen molar-refractivity contribution in [3.8, 4) is 0 Å². The number of aromatic nitrogens is 2. The first kappa shape index (κ1) is 12.1. The van der Waals surface area contributed by atoms with Crippen LogP contribution in [0.15, 0.2) is 9.64 Å². The van der Waals surface area contributed by atoms with E-state index in [1.54, 1.807) is 11.8 Å². The Morgan fingerprint density at radius 2 is 2.12 bits per heavy atom. The monoisotopic (exact) mass is 255 g/mol. The van der Waals surface area contributed by atoms with E-state index in [-0.39, 0.29) is 17.4 Å². The molecule has 2 rings (SSSR count). The molecule has 0 saturated carbocycles. The molecule has 0 spiro atoms. The summed E-state index contributed by atoms with van der Waals surface area (Å²) in [5.41, 5.74) is 0. The number of carbonyl (C=O) groups is 2. The third-order valence-corrected chi connectivity index (χ3v) is 3.30. The van der Waals surface area contributed by atoms with Crippen LogP contribution in [0, 0.1) is 6.92 Å². The number of rotatable bonds is 3. The van der Waals surface area contributed by atoms with Crippen LogP contribution in [0.4, 0.5) is 0 Å². The van der Waals surface area contributed by atoms with E-state index in [9.17, 15) is 9.59 Å². The van der Waals surface area contributed by atoms with Crippen molar-refractivity contribution in [2.24, 2.45) is 0 Å². The maximum absolute atomic E-state index is 11.8. The van der Waals surface area contributed by atoms with E-state index in [4.69, 9.17) is 4.42 Å². The van der Waals surface area contributed by atoms with E-state index in [2.05, 4.69) is 10.2 Å². The highest BCUT2D eigenvalue weighted by Crippen LogP contribution is 2.17. The number of piperidine rings is 1. The molecule has 1 saturated heterocycles. The van der Waals surface area contributed by atoms with Crippen molar-refractivity contribution in [3.05, 3.63) is 5.89 Å². The van der Waals surface area contributed by atoms with Gasteiger partial charge in [0.15, 0.2) is 0 Å². The fraction of sp³-hybridized carbons (Fsp3) is 0.600. The minimum atomic E-state index is 0.0124. The van der Waals surface area contributed by atoms with Gasteiger partial charge in [-0.15, -0.1) is 10.2 Å². The highest BCUT2D eigenvalue weighted by molar-refractivity contribution is 7.99. The molecule has 6 nitrogen and oxygen atoms in total. The van der Waals surface area contributed by atoms with E-state index >= 15 is 0 Å². The standard InChI is InChI=1S/C10H13N3O3S/c1-7-11-12-10(16-7)17-6-9(15)13-4-2-8(14)3-5-13/h2-6H2,1H3. The van der Waals surface area contributed by atoms with Crippen molar-refractivity contribution in [2.45, 2.75) is 25.0 Å². The van der Waals surface area contributed by atoms with Gasteiger partial charge in [0.05, 0.1) is 5.75 Å². The van der Waals surface area contributed by atoms with Gasteiger partial charge in [-0.1, -0.05) is 11.8 Å². The molecule has 17 heavy (non-hydrogen) atoms. The van der Waals surface area contributed by atoms with Crippen LogP contribution in [0.5, 0.6) is 0 Å². The molecule has 0 unspecified atom stereocenters. The fourth-order valence-electron chi connectivity index (χ4n) is 1.56. The van der Waals surface area contributed by atoms with Crippen molar-refractivity contribution in [3.63, 3.8) is 0 Å². The first-order valence-electron chi connectivity index (χ1n) is 5.37. The fourth-order valence-corrected chi connectivity index (χ4v) is 2.26. The molecule has 0 bridgehead atoms. The van der Waals surface area contributed by atoms with Gasteiger partial charge >= 0.3 is 0 Å². The van der Waals surface area contributed by atoms with Crippen molar-refractivity contribution < 1.29 is 14.0 Å². The summed E-state index contributed by atoms with van der Waals surface area (Å²) in [6.07, 6.45) is 0.937. The normalized spacial score (nSPS) is 16.3. The molecule has 0 N–H and O–H groups in total. The highest BCUT2D eigenvalue weighted by atomic mass is 32.2. The zero-order chi connectivity index (χ0) is 12.3. The SMILES string of the molecule is Cc1nnc(SCC(=O)N2CCC(=O)CC2)o1. The minimum absolute atomic E-state index is 0.0124. The van der Waals surface area contributed by atoms with Crippen molar-refractivity contribution >= 4 is 23.5 Å². The van der Waals surface area contributed by atoms with Crippen LogP contribution >= 0.6 is 11.8 Å². The van der Waals surface area contributed by atoms with Crippen LogP contribution in [0.2, 0.25) is 0 Å². The summed E-state index contributed by atoms with van der Waals surface area (Å²) >= 11 is 1.23. The van der Waals surface area contributed by atoms with E-state index in [0.717, 1.165) is 0 Å². The van der Waals surface area contributed by atoms with Gasteiger partial charge in [0.25, 0.3) is 5.22 Å². The molecule has 7 heteroatoms. The van der Waals surface area contributed by atoms with Gasteiger partial charge in [-0.05, 0) is 0 Å². The van der Waals surface area contributed by atoms with Gasteiger partial charge in [0.2, 0.25) is 11.8 Å². The molecule has 1 aromatic heterocycles. The lowest BCUT2D eigenvalue weighted by molar-refractivity contribution is -0.132. The quantitative estimate of drug-likeness (QED) is 0.738. The molecule has 0 atom stereocenters. The molecule has 0 aromatic carbocycles. The van der Waals surface area contributed by atoms with E-state index < -0.39 is 0 Å². The zero-order valence-electron chi connectivity index (χ0n) is 9.51. The number of hydrogen-bond acceptors (Lipinski definition) is 6. The Bertz CT molecular complexity index is 422. The van der Waals surface area contributed by atoms with E-state index in [1.807, 2.05) is 0 Å². The second-order valence-corrected chi connectivity index (χ2v) is 4.72. The van der Waals surface area contributed by atoms with Gasteiger partial charge in [-0.25, -0.2) is 0 Å². The summed E-state index contributed by atoms with van der Waals surface area (Å²) in [6, 6.07) is 0. The summed E-state index contributed by atoms with van der Waals surface area (Å²) < 4.78 is 5.15. The first-order chi connectivity index (χ1) is 8.15.